The van der Waals surface area contributed by atoms with Gasteiger partial charge in [-0.1, -0.05) is 24.6 Å². The molecule has 0 spiro atoms. The van der Waals surface area contributed by atoms with E-state index in [1.165, 1.54) is 0 Å². The second-order valence-electron chi connectivity index (χ2n) is 4.77. The zero-order valence-electron chi connectivity index (χ0n) is 12.1. The quantitative estimate of drug-likeness (QED) is 0.921. The molecule has 2 aromatic rings. The molecule has 4 nitrogen and oxygen atoms in total. The highest BCUT2D eigenvalue weighted by Crippen LogP contribution is 2.27. The molecule has 0 radical (unpaired) electrons. The third-order valence-corrected chi connectivity index (χ3v) is 3.92. The molecule has 1 unspecified atom stereocenters. The van der Waals surface area contributed by atoms with Gasteiger partial charge in [-0.05, 0) is 26.3 Å². The molecule has 108 valence electrons. The Morgan fingerprint density at radius 3 is 2.75 bits per heavy atom. The Balaban J connectivity index is 2.30. The number of hydrogen-bond donors (Lipinski definition) is 1. The molecule has 2 heterocycles. The van der Waals surface area contributed by atoms with Gasteiger partial charge in [0, 0.05) is 30.4 Å². The van der Waals surface area contributed by atoms with Crippen LogP contribution in [0.3, 0.4) is 0 Å². The predicted octanol–water partition coefficient (Wildman–Crippen LogP) is 3.10. The minimum atomic E-state index is -0.618. The number of aryl methyl sites for hydroxylation is 3. The third kappa shape index (κ3) is 2.86. The van der Waals surface area contributed by atoms with Gasteiger partial charge in [0.1, 0.15) is 0 Å². The van der Waals surface area contributed by atoms with Crippen LogP contribution in [-0.4, -0.2) is 19.9 Å². The van der Waals surface area contributed by atoms with Gasteiger partial charge in [-0.3, -0.25) is 9.67 Å². The first-order valence-corrected chi connectivity index (χ1v) is 7.29. The van der Waals surface area contributed by atoms with Crippen molar-refractivity contribution in [1.29, 1.82) is 0 Å². The summed E-state index contributed by atoms with van der Waals surface area (Å²) in [6.45, 7) is 6.69. The van der Waals surface area contributed by atoms with E-state index in [1.54, 1.807) is 6.20 Å². The van der Waals surface area contributed by atoms with Crippen LogP contribution in [0.5, 0.6) is 0 Å². The smallest absolute Gasteiger partial charge is 0.0863 e. The Hall–Kier alpha value is -1.39. The van der Waals surface area contributed by atoms with E-state index in [-0.39, 0.29) is 0 Å². The second kappa shape index (κ2) is 6.37. The van der Waals surface area contributed by atoms with Crippen LogP contribution >= 0.6 is 11.6 Å². The lowest BCUT2D eigenvalue weighted by Crippen LogP contribution is -2.10. The average Bonchev–Trinajstić information content (AvgIpc) is 2.75. The zero-order valence-corrected chi connectivity index (χ0v) is 12.9. The van der Waals surface area contributed by atoms with Crippen LogP contribution < -0.4 is 0 Å². The van der Waals surface area contributed by atoms with E-state index in [0.29, 0.717) is 11.4 Å². The van der Waals surface area contributed by atoms with E-state index in [4.69, 9.17) is 11.6 Å². The molecule has 0 fully saturated rings. The van der Waals surface area contributed by atoms with Gasteiger partial charge in [0.15, 0.2) is 0 Å². The van der Waals surface area contributed by atoms with Crippen LogP contribution in [0.15, 0.2) is 18.3 Å². The summed E-state index contributed by atoms with van der Waals surface area (Å²) in [5, 5.41) is 15.6. The summed E-state index contributed by atoms with van der Waals surface area (Å²) in [4.78, 5) is 4.21. The highest BCUT2D eigenvalue weighted by molar-refractivity contribution is 6.31. The van der Waals surface area contributed by atoms with E-state index >= 15 is 0 Å². The largest absolute Gasteiger partial charge is 0.388 e. The molecule has 1 atom stereocenters. The molecule has 0 aliphatic carbocycles. The maximum atomic E-state index is 10.4. The number of nitrogens with zero attached hydrogens (tertiary/aromatic N) is 3. The predicted molar refractivity (Wildman–Crippen MR) is 79.9 cm³/mol. The lowest BCUT2D eigenvalue weighted by molar-refractivity contribution is 0.174. The summed E-state index contributed by atoms with van der Waals surface area (Å²) in [5.41, 5.74) is 3.46. The normalized spacial score (nSPS) is 12.7. The van der Waals surface area contributed by atoms with Gasteiger partial charge in [-0.15, -0.1) is 0 Å². The summed E-state index contributed by atoms with van der Waals surface area (Å²) in [6, 6.07) is 3.73. The van der Waals surface area contributed by atoms with E-state index in [1.807, 2.05) is 37.6 Å². The van der Waals surface area contributed by atoms with Crippen molar-refractivity contribution in [2.45, 2.75) is 46.3 Å². The maximum Gasteiger partial charge on any atom is 0.0863 e. The van der Waals surface area contributed by atoms with Crippen LogP contribution in [0.25, 0.3) is 0 Å². The molecule has 0 aliphatic rings. The second-order valence-corrected chi connectivity index (χ2v) is 5.15. The molecule has 0 saturated heterocycles. The lowest BCUT2D eigenvalue weighted by Gasteiger charge is -2.14. The van der Waals surface area contributed by atoms with Crippen molar-refractivity contribution in [2.24, 2.45) is 0 Å². The fourth-order valence-electron chi connectivity index (χ4n) is 2.35. The van der Waals surface area contributed by atoms with Crippen LogP contribution in [-0.2, 0) is 19.4 Å². The van der Waals surface area contributed by atoms with Crippen molar-refractivity contribution in [3.8, 4) is 0 Å². The fraction of sp³-hybridized carbons (Fsp3) is 0.467. The summed E-state index contributed by atoms with van der Waals surface area (Å²) >= 11 is 6.37. The van der Waals surface area contributed by atoms with Crippen molar-refractivity contribution in [3.05, 3.63) is 46.0 Å². The summed E-state index contributed by atoms with van der Waals surface area (Å²) < 4.78 is 1.87. The number of pyridine rings is 1. The standard InChI is InChI=1S/C15H20ClN3O/c1-4-12-15(16)13(19(5-2)18-12)9-14(20)11-7-6-8-17-10(11)3/h6-8,14,20H,4-5,9H2,1-3H3. The Kier molecular flexibility index (Phi) is 4.78. The topological polar surface area (TPSA) is 50.9 Å². The molecule has 0 aromatic carbocycles. The van der Waals surface area contributed by atoms with Gasteiger partial charge in [0.25, 0.3) is 0 Å². The molecule has 0 bridgehead atoms. The van der Waals surface area contributed by atoms with E-state index < -0.39 is 6.10 Å². The first-order chi connectivity index (χ1) is 9.58. The van der Waals surface area contributed by atoms with Crippen molar-refractivity contribution < 1.29 is 5.11 Å². The Labute approximate surface area is 124 Å². The van der Waals surface area contributed by atoms with Crippen LogP contribution in [0.1, 0.15) is 42.6 Å². The average molecular weight is 294 g/mol. The number of aromatic nitrogens is 3. The van der Waals surface area contributed by atoms with Gasteiger partial charge in [0.05, 0.1) is 22.5 Å². The van der Waals surface area contributed by atoms with Crippen molar-refractivity contribution in [1.82, 2.24) is 14.8 Å². The highest BCUT2D eigenvalue weighted by atomic mass is 35.5. The number of rotatable bonds is 5. The minimum Gasteiger partial charge on any atom is -0.388 e. The Bertz CT molecular complexity index is 595. The fourth-order valence-corrected chi connectivity index (χ4v) is 2.70. The monoisotopic (exact) mass is 293 g/mol. The minimum absolute atomic E-state index is 0.451. The lowest BCUT2D eigenvalue weighted by atomic mass is 10.0. The number of halogens is 1. The Morgan fingerprint density at radius 2 is 2.15 bits per heavy atom. The van der Waals surface area contributed by atoms with Crippen molar-refractivity contribution in [3.63, 3.8) is 0 Å². The molecule has 1 N–H and O–H groups in total. The maximum absolute atomic E-state index is 10.4. The van der Waals surface area contributed by atoms with Gasteiger partial charge >= 0.3 is 0 Å². The molecule has 2 aromatic heterocycles. The molecule has 2 rings (SSSR count). The van der Waals surface area contributed by atoms with Gasteiger partial charge < -0.3 is 5.11 Å². The molecule has 20 heavy (non-hydrogen) atoms. The molecule has 0 saturated carbocycles. The summed E-state index contributed by atoms with van der Waals surface area (Å²) in [7, 11) is 0. The number of aliphatic hydroxyl groups is 1. The van der Waals surface area contributed by atoms with Gasteiger partial charge in [-0.25, -0.2) is 0 Å². The van der Waals surface area contributed by atoms with Gasteiger partial charge in [0.2, 0.25) is 0 Å². The SMILES string of the molecule is CCc1nn(CC)c(CC(O)c2cccnc2C)c1Cl. The van der Waals surface area contributed by atoms with Crippen LogP contribution in [0.2, 0.25) is 5.02 Å². The highest BCUT2D eigenvalue weighted by Gasteiger charge is 2.19. The molecule has 5 heteroatoms. The Morgan fingerprint density at radius 1 is 1.40 bits per heavy atom. The van der Waals surface area contributed by atoms with E-state index in [2.05, 4.69) is 10.1 Å². The van der Waals surface area contributed by atoms with E-state index in [9.17, 15) is 5.11 Å². The summed E-state index contributed by atoms with van der Waals surface area (Å²) in [6.07, 6.45) is 2.35. The molecule has 0 amide bonds. The van der Waals surface area contributed by atoms with Gasteiger partial charge in [-0.2, -0.15) is 5.10 Å². The first kappa shape index (κ1) is 15.0. The number of aliphatic hydroxyl groups excluding tert-OH is 1. The third-order valence-electron chi connectivity index (χ3n) is 3.49. The zero-order chi connectivity index (χ0) is 14.7. The summed E-state index contributed by atoms with van der Waals surface area (Å²) in [5.74, 6) is 0. The molecule has 0 aliphatic heterocycles. The van der Waals surface area contributed by atoms with Crippen LogP contribution in [0.4, 0.5) is 0 Å². The molecular weight excluding hydrogens is 274 g/mol. The van der Waals surface area contributed by atoms with Crippen molar-refractivity contribution in [2.75, 3.05) is 0 Å². The first-order valence-electron chi connectivity index (χ1n) is 6.92. The van der Waals surface area contributed by atoms with Crippen LogP contribution in [0, 0.1) is 6.92 Å². The number of hydrogen-bond acceptors (Lipinski definition) is 3. The van der Waals surface area contributed by atoms with E-state index in [0.717, 1.165) is 35.6 Å². The molecular formula is C15H20ClN3O. The van der Waals surface area contributed by atoms with Crippen molar-refractivity contribution >= 4 is 11.6 Å².